The summed E-state index contributed by atoms with van der Waals surface area (Å²) in [4.78, 5) is 2.17. The van der Waals surface area contributed by atoms with Crippen molar-refractivity contribution in [2.45, 2.75) is 25.7 Å². The van der Waals surface area contributed by atoms with Gasteiger partial charge in [-0.2, -0.15) is 0 Å². The number of likely N-dealkylation sites (N-methyl/N-ethyl adjacent to an activating group) is 1. The van der Waals surface area contributed by atoms with Crippen LogP contribution < -0.4 is 0 Å². The van der Waals surface area contributed by atoms with Crippen molar-refractivity contribution in [3.8, 4) is 0 Å². The zero-order valence-electron chi connectivity index (χ0n) is 13.5. The summed E-state index contributed by atoms with van der Waals surface area (Å²) in [5.41, 5.74) is 1.36. The van der Waals surface area contributed by atoms with Crippen LogP contribution >= 0.6 is 11.3 Å². The smallest absolute Gasteiger partial charge is 0.0558 e. The van der Waals surface area contributed by atoms with E-state index in [1.165, 1.54) is 28.5 Å². The lowest BCUT2D eigenvalue weighted by atomic mass is 10.1. The van der Waals surface area contributed by atoms with Crippen LogP contribution in [-0.2, 0) is 11.2 Å². The summed E-state index contributed by atoms with van der Waals surface area (Å²) in [7, 11) is 2.05. The number of ether oxygens (including phenoxy) is 1. The average molecular weight is 321 g/mol. The molecule has 0 spiro atoms. The lowest BCUT2D eigenvalue weighted by Crippen LogP contribution is -2.23. The van der Waals surface area contributed by atoms with Crippen LogP contribution in [0.25, 0.3) is 10.1 Å². The van der Waals surface area contributed by atoms with E-state index in [4.69, 9.17) is 9.84 Å². The Morgan fingerprint density at radius 1 is 1.09 bits per heavy atom. The molecule has 1 aromatic carbocycles. The van der Waals surface area contributed by atoms with Gasteiger partial charge in [0.05, 0.1) is 13.2 Å². The summed E-state index contributed by atoms with van der Waals surface area (Å²) >= 11 is 1.79. The Hall–Kier alpha value is -0.940. The molecule has 0 radical (unpaired) electrons. The first-order valence-corrected chi connectivity index (χ1v) is 9.01. The second kappa shape index (κ2) is 9.95. The van der Waals surface area contributed by atoms with Gasteiger partial charge in [-0.1, -0.05) is 12.1 Å². The summed E-state index contributed by atoms with van der Waals surface area (Å²) in [5.74, 6) is 0. The van der Waals surface area contributed by atoms with Crippen LogP contribution in [0.4, 0.5) is 0 Å². The van der Waals surface area contributed by atoms with Crippen LogP contribution in [0.15, 0.2) is 29.6 Å². The van der Waals surface area contributed by atoms with Crippen molar-refractivity contribution >= 4 is 21.4 Å². The van der Waals surface area contributed by atoms with Crippen molar-refractivity contribution in [2.75, 3.05) is 40.0 Å². The summed E-state index contributed by atoms with van der Waals surface area (Å²) in [5, 5.41) is 12.3. The Kier molecular flexibility index (Phi) is 7.88. The Balaban J connectivity index is 1.50. The van der Waals surface area contributed by atoms with Gasteiger partial charge in [0.15, 0.2) is 0 Å². The molecule has 0 unspecified atom stereocenters. The van der Waals surface area contributed by atoms with Crippen LogP contribution in [0, 0.1) is 0 Å². The van der Waals surface area contributed by atoms with E-state index < -0.39 is 0 Å². The quantitative estimate of drug-likeness (QED) is 0.642. The van der Waals surface area contributed by atoms with Gasteiger partial charge in [0.1, 0.15) is 0 Å². The van der Waals surface area contributed by atoms with E-state index in [0.717, 1.165) is 39.1 Å². The maximum atomic E-state index is 8.82. The van der Waals surface area contributed by atoms with Gasteiger partial charge in [0, 0.05) is 17.9 Å². The van der Waals surface area contributed by atoms with Gasteiger partial charge in [-0.3, -0.25) is 0 Å². The van der Waals surface area contributed by atoms with Crippen LogP contribution in [0.5, 0.6) is 0 Å². The third kappa shape index (κ3) is 6.05. The fourth-order valence-electron chi connectivity index (χ4n) is 2.51. The Morgan fingerprint density at radius 2 is 2.00 bits per heavy atom. The fraction of sp³-hybridized carbons (Fsp3) is 0.556. The molecule has 2 aromatic rings. The molecule has 0 aliphatic carbocycles. The topological polar surface area (TPSA) is 32.7 Å². The van der Waals surface area contributed by atoms with E-state index in [9.17, 15) is 0 Å². The number of rotatable bonds is 11. The largest absolute Gasteiger partial charge is 0.395 e. The van der Waals surface area contributed by atoms with Gasteiger partial charge in [-0.05, 0) is 67.7 Å². The van der Waals surface area contributed by atoms with Gasteiger partial charge >= 0.3 is 0 Å². The first-order chi connectivity index (χ1) is 10.8. The predicted octanol–water partition coefficient (Wildman–Crippen LogP) is 3.55. The first kappa shape index (κ1) is 17.4. The lowest BCUT2D eigenvalue weighted by Gasteiger charge is -2.14. The SMILES string of the molecule is CN(CCO)CCCCCOCCc1ccc2sccc2c1. The molecule has 1 aromatic heterocycles. The third-order valence-corrected chi connectivity index (χ3v) is 4.76. The lowest BCUT2D eigenvalue weighted by molar-refractivity contribution is 0.132. The minimum atomic E-state index is 0.247. The number of thiophene rings is 1. The molecular weight excluding hydrogens is 294 g/mol. The van der Waals surface area contributed by atoms with Crippen molar-refractivity contribution in [1.82, 2.24) is 4.90 Å². The third-order valence-electron chi connectivity index (χ3n) is 3.86. The molecule has 122 valence electrons. The number of unbranched alkanes of at least 4 members (excludes halogenated alkanes) is 2. The van der Waals surface area contributed by atoms with Gasteiger partial charge in [0.2, 0.25) is 0 Å². The highest BCUT2D eigenvalue weighted by Gasteiger charge is 1.99. The fourth-order valence-corrected chi connectivity index (χ4v) is 3.28. The highest BCUT2D eigenvalue weighted by molar-refractivity contribution is 7.17. The van der Waals surface area contributed by atoms with E-state index >= 15 is 0 Å². The molecule has 4 heteroatoms. The van der Waals surface area contributed by atoms with Crippen molar-refractivity contribution in [3.63, 3.8) is 0 Å². The molecule has 0 saturated heterocycles. The number of fused-ring (bicyclic) bond motifs is 1. The standard InChI is InChI=1S/C18H27NO2S/c1-19(10-11-20)9-3-2-4-12-21-13-7-16-5-6-18-17(15-16)8-14-22-18/h5-6,8,14-15,20H,2-4,7,9-13H2,1H3. The van der Waals surface area contributed by atoms with Crippen molar-refractivity contribution in [3.05, 3.63) is 35.2 Å². The second-order valence-corrected chi connectivity index (χ2v) is 6.69. The monoisotopic (exact) mass is 321 g/mol. The molecule has 2 rings (SSSR count). The number of hydrogen-bond acceptors (Lipinski definition) is 4. The molecule has 0 amide bonds. The zero-order valence-corrected chi connectivity index (χ0v) is 14.3. The molecule has 0 saturated carbocycles. The van der Waals surface area contributed by atoms with Crippen LogP contribution in [0.2, 0.25) is 0 Å². The van der Waals surface area contributed by atoms with Gasteiger partial charge in [0.25, 0.3) is 0 Å². The zero-order chi connectivity index (χ0) is 15.6. The van der Waals surface area contributed by atoms with Gasteiger partial charge in [-0.25, -0.2) is 0 Å². The number of hydrogen-bond donors (Lipinski definition) is 1. The van der Waals surface area contributed by atoms with Crippen molar-refractivity contribution in [2.24, 2.45) is 0 Å². The predicted molar refractivity (Wildman–Crippen MR) is 94.8 cm³/mol. The first-order valence-electron chi connectivity index (χ1n) is 8.13. The molecule has 0 aliphatic heterocycles. The van der Waals surface area contributed by atoms with Gasteiger partial charge in [-0.15, -0.1) is 11.3 Å². The second-order valence-electron chi connectivity index (χ2n) is 5.74. The Labute approximate surface area is 137 Å². The molecule has 1 N–H and O–H groups in total. The minimum Gasteiger partial charge on any atom is -0.395 e. The number of benzene rings is 1. The summed E-state index contributed by atoms with van der Waals surface area (Å²) in [6.45, 7) is 3.73. The highest BCUT2D eigenvalue weighted by Crippen LogP contribution is 2.21. The maximum Gasteiger partial charge on any atom is 0.0558 e. The summed E-state index contributed by atoms with van der Waals surface area (Å²) in [6, 6.07) is 8.86. The molecule has 0 fully saturated rings. The van der Waals surface area contributed by atoms with Gasteiger partial charge < -0.3 is 14.7 Å². The molecule has 0 atom stereocenters. The summed E-state index contributed by atoms with van der Waals surface area (Å²) in [6.07, 6.45) is 4.48. The van der Waals surface area contributed by atoms with E-state index in [1.807, 2.05) is 0 Å². The number of aliphatic hydroxyl groups excluding tert-OH is 1. The van der Waals surface area contributed by atoms with Crippen LogP contribution in [0.3, 0.4) is 0 Å². The van der Waals surface area contributed by atoms with E-state index in [-0.39, 0.29) is 6.61 Å². The Bertz CT molecular complexity index is 541. The van der Waals surface area contributed by atoms with E-state index in [0.29, 0.717) is 0 Å². The molecule has 0 bridgehead atoms. The van der Waals surface area contributed by atoms with Crippen molar-refractivity contribution < 1.29 is 9.84 Å². The van der Waals surface area contributed by atoms with Crippen LogP contribution in [-0.4, -0.2) is 50.0 Å². The average Bonchev–Trinajstić information content (AvgIpc) is 2.97. The highest BCUT2D eigenvalue weighted by atomic mass is 32.1. The van der Waals surface area contributed by atoms with E-state index in [2.05, 4.69) is 41.6 Å². The number of aliphatic hydroxyl groups is 1. The molecule has 1 heterocycles. The normalized spacial score (nSPS) is 11.6. The maximum absolute atomic E-state index is 8.82. The molecule has 3 nitrogen and oxygen atoms in total. The van der Waals surface area contributed by atoms with Crippen molar-refractivity contribution in [1.29, 1.82) is 0 Å². The van der Waals surface area contributed by atoms with E-state index in [1.54, 1.807) is 11.3 Å². The minimum absolute atomic E-state index is 0.247. The molecule has 0 aliphatic rings. The summed E-state index contributed by atoms with van der Waals surface area (Å²) < 4.78 is 7.09. The van der Waals surface area contributed by atoms with Crippen LogP contribution in [0.1, 0.15) is 24.8 Å². The Morgan fingerprint density at radius 3 is 2.86 bits per heavy atom. The number of nitrogens with zero attached hydrogens (tertiary/aromatic N) is 1. The molecule has 22 heavy (non-hydrogen) atoms. The molecular formula is C18H27NO2S.